The summed E-state index contributed by atoms with van der Waals surface area (Å²) >= 11 is 0. The normalized spacial score (nSPS) is 13.6. The van der Waals surface area contributed by atoms with Gasteiger partial charge in [-0.25, -0.2) is 18.6 Å². The Balaban J connectivity index is 1.99. The molecule has 0 aliphatic carbocycles. The fourth-order valence-electron chi connectivity index (χ4n) is 2.03. The van der Waals surface area contributed by atoms with E-state index in [0.717, 1.165) is 25.4 Å². The zero-order valence-electron chi connectivity index (χ0n) is 14.7. The smallest absolute Gasteiger partial charge is 0.418 e. The maximum Gasteiger partial charge on any atom is 0.418 e. The van der Waals surface area contributed by atoms with E-state index in [1.165, 1.54) is 12.1 Å². The number of carbonyl (C=O) groups excluding carboxylic acids is 1. The molecule has 2 aromatic rings. The molecule has 2 rings (SSSR count). The van der Waals surface area contributed by atoms with Crippen molar-refractivity contribution in [2.45, 2.75) is 18.7 Å². The van der Waals surface area contributed by atoms with Crippen molar-refractivity contribution in [3.63, 3.8) is 0 Å². The summed E-state index contributed by atoms with van der Waals surface area (Å²) in [6.45, 7) is -0.441. The number of halogens is 5. The van der Waals surface area contributed by atoms with Crippen molar-refractivity contribution in [1.82, 2.24) is 9.88 Å². The summed E-state index contributed by atoms with van der Waals surface area (Å²) in [5.41, 5.74) is -3.08. The van der Waals surface area contributed by atoms with Crippen LogP contribution in [-0.2, 0) is 0 Å². The van der Waals surface area contributed by atoms with Gasteiger partial charge in [0.2, 0.25) is 0 Å². The molecule has 0 saturated heterocycles. The van der Waals surface area contributed by atoms with Crippen LogP contribution in [0.5, 0.6) is 11.5 Å². The van der Waals surface area contributed by atoms with Crippen LogP contribution in [0.3, 0.4) is 0 Å². The monoisotopic (exact) mass is 405 g/mol. The first-order valence-electron chi connectivity index (χ1n) is 7.79. The number of ether oxygens (including phenoxy) is 1. The second-order valence-corrected chi connectivity index (χ2v) is 6.11. The molecule has 0 spiro atoms. The SMILES string of the molecule is CN(CC(C)(O)C(F)(F)F)C(=O)Nc1ccc(Oc2ccc(F)cc2F)cn1. The summed E-state index contributed by atoms with van der Waals surface area (Å²) in [6.07, 6.45) is -3.78. The van der Waals surface area contributed by atoms with Crippen LogP contribution in [0.25, 0.3) is 0 Å². The molecule has 0 radical (unpaired) electrons. The van der Waals surface area contributed by atoms with Crippen LogP contribution in [0.15, 0.2) is 36.5 Å². The van der Waals surface area contributed by atoms with E-state index in [1.54, 1.807) is 0 Å². The molecule has 1 heterocycles. The zero-order chi connectivity index (χ0) is 21.1. The number of hydrogen-bond acceptors (Lipinski definition) is 4. The number of carbonyl (C=O) groups is 1. The Bertz CT molecular complexity index is 841. The third kappa shape index (κ3) is 5.28. The Morgan fingerprint density at radius 2 is 1.93 bits per heavy atom. The average Bonchev–Trinajstić information content (AvgIpc) is 2.57. The van der Waals surface area contributed by atoms with E-state index in [-0.39, 0.29) is 17.3 Å². The van der Waals surface area contributed by atoms with Crippen molar-refractivity contribution in [2.24, 2.45) is 0 Å². The first-order chi connectivity index (χ1) is 12.9. The van der Waals surface area contributed by atoms with Gasteiger partial charge in [0, 0.05) is 13.1 Å². The van der Waals surface area contributed by atoms with Crippen LogP contribution in [0.2, 0.25) is 0 Å². The first kappa shape index (κ1) is 21.4. The molecule has 28 heavy (non-hydrogen) atoms. The number of nitrogens with zero attached hydrogens (tertiary/aromatic N) is 2. The number of nitrogens with one attached hydrogen (secondary N) is 1. The number of urea groups is 1. The van der Waals surface area contributed by atoms with Gasteiger partial charge in [-0.3, -0.25) is 5.32 Å². The maximum absolute atomic E-state index is 13.5. The molecule has 2 amide bonds. The highest BCUT2D eigenvalue weighted by atomic mass is 19.4. The van der Waals surface area contributed by atoms with Crippen molar-refractivity contribution in [3.05, 3.63) is 48.2 Å². The van der Waals surface area contributed by atoms with Gasteiger partial charge in [0.1, 0.15) is 17.4 Å². The third-order valence-corrected chi connectivity index (χ3v) is 3.60. The fraction of sp³-hybridized carbons (Fsp3) is 0.294. The lowest BCUT2D eigenvalue weighted by molar-refractivity contribution is -0.254. The van der Waals surface area contributed by atoms with E-state index < -0.39 is 36.0 Å². The van der Waals surface area contributed by atoms with E-state index >= 15 is 0 Å². The largest absolute Gasteiger partial charge is 0.453 e. The van der Waals surface area contributed by atoms with Crippen LogP contribution in [-0.4, -0.2) is 46.4 Å². The minimum absolute atomic E-state index is 0.0181. The van der Waals surface area contributed by atoms with Gasteiger partial charge in [-0.1, -0.05) is 0 Å². The molecule has 1 atom stereocenters. The standard InChI is InChI=1S/C17H16F5N3O3/c1-16(27,17(20,21)22)9-25(2)15(26)24-14-6-4-11(8-23-14)28-13-5-3-10(18)7-12(13)19/h3-8,27H,9H2,1-2H3,(H,23,24,26). The molecule has 0 saturated carbocycles. The number of alkyl halides is 3. The summed E-state index contributed by atoms with van der Waals surface area (Å²) in [7, 11) is 1.07. The van der Waals surface area contributed by atoms with Gasteiger partial charge in [0.05, 0.1) is 12.7 Å². The number of hydrogen-bond donors (Lipinski definition) is 2. The van der Waals surface area contributed by atoms with Gasteiger partial charge in [0.25, 0.3) is 0 Å². The summed E-state index contributed by atoms with van der Waals surface area (Å²) in [4.78, 5) is 16.4. The number of aliphatic hydroxyl groups is 1. The number of pyridine rings is 1. The van der Waals surface area contributed by atoms with E-state index in [1.807, 2.05) is 0 Å². The second kappa shape index (κ2) is 7.97. The number of amides is 2. The molecule has 2 N–H and O–H groups in total. The van der Waals surface area contributed by atoms with Crippen LogP contribution in [0.1, 0.15) is 6.92 Å². The van der Waals surface area contributed by atoms with Gasteiger partial charge in [0.15, 0.2) is 17.2 Å². The van der Waals surface area contributed by atoms with Crippen molar-refractivity contribution >= 4 is 11.8 Å². The number of rotatable bonds is 5. The highest BCUT2D eigenvalue weighted by Crippen LogP contribution is 2.30. The van der Waals surface area contributed by atoms with Crippen molar-refractivity contribution in [2.75, 3.05) is 18.9 Å². The van der Waals surface area contributed by atoms with E-state index in [0.29, 0.717) is 17.9 Å². The highest BCUT2D eigenvalue weighted by molar-refractivity contribution is 5.88. The van der Waals surface area contributed by atoms with Crippen LogP contribution in [0.4, 0.5) is 32.6 Å². The summed E-state index contributed by atoms with van der Waals surface area (Å²) in [5.74, 6) is -1.87. The second-order valence-electron chi connectivity index (χ2n) is 6.11. The zero-order valence-corrected chi connectivity index (χ0v) is 14.7. The van der Waals surface area contributed by atoms with Gasteiger partial charge in [-0.15, -0.1) is 0 Å². The number of aromatic nitrogens is 1. The first-order valence-corrected chi connectivity index (χ1v) is 7.79. The van der Waals surface area contributed by atoms with Gasteiger partial charge in [-0.05, 0) is 31.2 Å². The predicted octanol–water partition coefficient (Wildman–Crippen LogP) is 3.93. The van der Waals surface area contributed by atoms with E-state index in [2.05, 4.69) is 10.3 Å². The van der Waals surface area contributed by atoms with E-state index in [4.69, 9.17) is 4.74 Å². The minimum Gasteiger partial charge on any atom is -0.453 e. The van der Waals surface area contributed by atoms with Crippen LogP contribution < -0.4 is 10.1 Å². The Morgan fingerprint density at radius 3 is 2.46 bits per heavy atom. The molecule has 152 valence electrons. The fourth-order valence-corrected chi connectivity index (χ4v) is 2.03. The maximum atomic E-state index is 13.5. The van der Waals surface area contributed by atoms with Crippen molar-refractivity contribution in [3.8, 4) is 11.5 Å². The molecule has 1 unspecified atom stereocenters. The van der Waals surface area contributed by atoms with Gasteiger partial charge >= 0.3 is 12.2 Å². The lowest BCUT2D eigenvalue weighted by atomic mass is 10.1. The Hall–Kier alpha value is -2.95. The summed E-state index contributed by atoms with van der Waals surface area (Å²) in [6, 6.07) is 4.38. The average molecular weight is 405 g/mol. The molecule has 0 aliphatic heterocycles. The topological polar surface area (TPSA) is 74.7 Å². The quantitative estimate of drug-likeness (QED) is 0.740. The van der Waals surface area contributed by atoms with Crippen LogP contribution in [0, 0.1) is 11.6 Å². The number of anilines is 1. The number of benzene rings is 1. The molecule has 0 fully saturated rings. The molecule has 11 heteroatoms. The summed E-state index contributed by atoms with van der Waals surface area (Å²) in [5, 5.41) is 11.7. The molecule has 1 aromatic carbocycles. The predicted molar refractivity (Wildman–Crippen MR) is 89.0 cm³/mol. The van der Waals surface area contributed by atoms with Crippen LogP contribution >= 0.6 is 0 Å². The third-order valence-electron chi connectivity index (χ3n) is 3.60. The molecule has 1 aromatic heterocycles. The molecular formula is C17H16F5N3O3. The van der Waals surface area contributed by atoms with Gasteiger partial charge in [-0.2, -0.15) is 13.2 Å². The van der Waals surface area contributed by atoms with E-state index in [9.17, 15) is 31.9 Å². The molecule has 6 nitrogen and oxygen atoms in total. The Morgan fingerprint density at radius 1 is 1.25 bits per heavy atom. The molecule has 0 bridgehead atoms. The molecular weight excluding hydrogens is 389 g/mol. The van der Waals surface area contributed by atoms with Crippen molar-refractivity contribution < 1.29 is 36.6 Å². The van der Waals surface area contributed by atoms with Gasteiger partial charge < -0.3 is 14.7 Å². The highest BCUT2D eigenvalue weighted by Gasteiger charge is 2.50. The number of likely N-dealkylation sites (N-methyl/N-ethyl adjacent to an activating group) is 1. The Kier molecular flexibility index (Phi) is 6.07. The Labute approximate surface area is 156 Å². The lowest BCUT2D eigenvalue weighted by Crippen LogP contribution is -2.52. The minimum atomic E-state index is -4.91. The molecule has 0 aliphatic rings. The lowest BCUT2D eigenvalue weighted by Gasteiger charge is -2.30. The summed E-state index contributed by atoms with van der Waals surface area (Å²) < 4.78 is 69.6. The van der Waals surface area contributed by atoms with Crippen molar-refractivity contribution in [1.29, 1.82) is 0 Å².